The minimum Gasteiger partial charge on any atom is -0.288 e. The third kappa shape index (κ3) is 2.49. The molecule has 1 amide bonds. The van der Waals surface area contributed by atoms with E-state index in [0.29, 0.717) is 12.0 Å². The average Bonchev–Trinajstić information content (AvgIpc) is 2.44. The lowest BCUT2D eigenvalue weighted by Gasteiger charge is -2.16. The Morgan fingerprint density at radius 1 is 1.20 bits per heavy atom. The van der Waals surface area contributed by atoms with E-state index in [0.717, 1.165) is 0 Å². The number of nitrogens with one attached hydrogen (secondary N) is 1. The maximum atomic E-state index is 14.3. The maximum Gasteiger partial charge on any atom is 0.309 e. The van der Waals surface area contributed by atoms with E-state index in [1.54, 1.807) is 20.8 Å². The largest absolute Gasteiger partial charge is 0.309 e. The number of amides is 1. The molecule has 0 fully saturated rings. The Bertz CT molecular complexity index is 558. The molecule has 0 saturated heterocycles. The molecule has 0 aromatic heterocycles. The Labute approximate surface area is 115 Å². The first kappa shape index (κ1) is 16.0. The van der Waals surface area contributed by atoms with Crippen molar-refractivity contribution in [2.75, 3.05) is 0 Å². The molecular formula is C13H17FN2O4. The van der Waals surface area contributed by atoms with Crippen LogP contribution in [0.4, 0.5) is 10.1 Å². The van der Waals surface area contributed by atoms with Crippen LogP contribution in [0.25, 0.3) is 0 Å². The highest BCUT2D eigenvalue weighted by atomic mass is 19.1. The van der Waals surface area contributed by atoms with Crippen molar-refractivity contribution in [3.63, 3.8) is 0 Å². The minimum atomic E-state index is -0.888. The van der Waals surface area contributed by atoms with Gasteiger partial charge in [-0.25, -0.2) is 5.48 Å². The van der Waals surface area contributed by atoms with Crippen molar-refractivity contribution in [3.05, 3.63) is 38.2 Å². The van der Waals surface area contributed by atoms with E-state index in [9.17, 15) is 19.3 Å². The van der Waals surface area contributed by atoms with Gasteiger partial charge >= 0.3 is 5.69 Å². The molecule has 110 valence electrons. The van der Waals surface area contributed by atoms with Gasteiger partial charge in [-0.2, -0.15) is 4.39 Å². The SMILES string of the molecule is CCc1c(F)c([N+](=O)[O-])c(CC)c(C(=O)NO)c1CC. The molecule has 0 bridgehead atoms. The summed E-state index contributed by atoms with van der Waals surface area (Å²) in [7, 11) is 0. The second-order valence-corrected chi connectivity index (χ2v) is 4.23. The normalized spacial score (nSPS) is 10.4. The van der Waals surface area contributed by atoms with Crippen molar-refractivity contribution >= 4 is 11.6 Å². The Morgan fingerprint density at radius 2 is 1.70 bits per heavy atom. The highest BCUT2D eigenvalue weighted by Gasteiger charge is 2.31. The molecule has 0 aliphatic carbocycles. The first-order valence-electron chi connectivity index (χ1n) is 6.39. The summed E-state index contributed by atoms with van der Waals surface area (Å²) in [5.74, 6) is -1.74. The molecular weight excluding hydrogens is 267 g/mol. The lowest BCUT2D eigenvalue weighted by atomic mass is 9.89. The molecule has 1 aromatic rings. The van der Waals surface area contributed by atoms with E-state index in [1.807, 2.05) is 0 Å². The molecule has 0 unspecified atom stereocenters. The molecule has 7 heteroatoms. The Morgan fingerprint density at radius 3 is 2.05 bits per heavy atom. The van der Waals surface area contributed by atoms with Crippen molar-refractivity contribution in [1.29, 1.82) is 0 Å². The van der Waals surface area contributed by atoms with Crippen LogP contribution >= 0.6 is 0 Å². The molecule has 1 rings (SSSR count). The van der Waals surface area contributed by atoms with Crippen LogP contribution in [0.5, 0.6) is 0 Å². The predicted molar refractivity (Wildman–Crippen MR) is 70.4 cm³/mol. The zero-order chi connectivity index (χ0) is 15.4. The van der Waals surface area contributed by atoms with Gasteiger partial charge in [0.1, 0.15) is 0 Å². The Kier molecular flexibility index (Phi) is 5.15. The summed E-state index contributed by atoms with van der Waals surface area (Å²) in [5.41, 5.74) is 1.36. The summed E-state index contributed by atoms with van der Waals surface area (Å²) < 4.78 is 14.3. The van der Waals surface area contributed by atoms with Crippen LogP contribution in [0.3, 0.4) is 0 Å². The molecule has 0 aliphatic rings. The summed E-state index contributed by atoms with van der Waals surface area (Å²) in [6.07, 6.45) is 0.687. The second kappa shape index (κ2) is 6.42. The van der Waals surface area contributed by atoms with Crippen molar-refractivity contribution in [2.24, 2.45) is 0 Å². The third-order valence-electron chi connectivity index (χ3n) is 3.30. The number of carbonyl (C=O) groups excluding carboxylic acids is 1. The lowest BCUT2D eigenvalue weighted by molar-refractivity contribution is -0.388. The molecule has 1 aromatic carbocycles. The molecule has 0 spiro atoms. The minimum absolute atomic E-state index is 0.00227. The molecule has 0 radical (unpaired) electrons. The highest BCUT2D eigenvalue weighted by molar-refractivity contribution is 5.98. The van der Waals surface area contributed by atoms with E-state index in [2.05, 4.69) is 0 Å². The smallest absolute Gasteiger partial charge is 0.288 e. The van der Waals surface area contributed by atoms with Gasteiger partial charge in [0.25, 0.3) is 5.91 Å². The molecule has 20 heavy (non-hydrogen) atoms. The summed E-state index contributed by atoms with van der Waals surface area (Å²) in [6.45, 7) is 4.99. The number of hydroxylamine groups is 1. The summed E-state index contributed by atoms with van der Waals surface area (Å²) in [5, 5.41) is 19.9. The van der Waals surface area contributed by atoms with E-state index in [1.165, 1.54) is 5.48 Å². The number of hydrogen-bond acceptors (Lipinski definition) is 4. The Balaban J connectivity index is 3.91. The number of hydrogen-bond donors (Lipinski definition) is 2. The van der Waals surface area contributed by atoms with Gasteiger partial charge in [-0.1, -0.05) is 20.8 Å². The predicted octanol–water partition coefficient (Wildman–Crippen LogP) is 2.54. The van der Waals surface area contributed by atoms with Crippen LogP contribution in [0, 0.1) is 15.9 Å². The van der Waals surface area contributed by atoms with Gasteiger partial charge in [-0.05, 0) is 30.4 Å². The molecule has 0 heterocycles. The summed E-state index contributed by atoms with van der Waals surface area (Å²) in [4.78, 5) is 22.1. The third-order valence-corrected chi connectivity index (χ3v) is 3.30. The van der Waals surface area contributed by atoms with Gasteiger partial charge in [0, 0.05) is 5.56 Å². The first-order valence-corrected chi connectivity index (χ1v) is 6.39. The standard InChI is InChI=1S/C13H17FN2O4/c1-4-7-8(5-2)11(14)12(16(19)20)9(6-3)10(7)13(17)15-18/h18H,4-6H2,1-3H3,(H,15,17). The van der Waals surface area contributed by atoms with E-state index in [4.69, 9.17) is 5.21 Å². The number of halogens is 1. The van der Waals surface area contributed by atoms with Crippen LogP contribution in [-0.4, -0.2) is 16.0 Å². The number of rotatable bonds is 5. The second-order valence-electron chi connectivity index (χ2n) is 4.23. The molecule has 0 saturated carbocycles. The van der Waals surface area contributed by atoms with E-state index in [-0.39, 0.29) is 29.5 Å². The molecule has 0 atom stereocenters. The zero-order valence-corrected chi connectivity index (χ0v) is 11.6. The van der Waals surface area contributed by atoms with Gasteiger partial charge in [0.15, 0.2) is 0 Å². The number of benzene rings is 1. The highest BCUT2D eigenvalue weighted by Crippen LogP contribution is 2.34. The van der Waals surface area contributed by atoms with Crippen LogP contribution in [0.15, 0.2) is 0 Å². The fourth-order valence-electron chi connectivity index (χ4n) is 2.48. The average molecular weight is 284 g/mol. The zero-order valence-electron chi connectivity index (χ0n) is 11.6. The van der Waals surface area contributed by atoms with Crippen molar-refractivity contribution in [3.8, 4) is 0 Å². The number of carbonyl (C=O) groups is 1. The van der Waals surface area contributed by atoms with Gasteiger partial charge in [0.05, 0.1) is 10.5 Å². The van der Waals surface area contributed by atoms with Gasteiger partial charge in [-0.3, -0.25) is 20.1 Å². The molecule has 6 nitrogen and oxygen atoms in total. The summed E-state index contributed by atoms with van der Waals surface area (Å²) in [6, 6.07) is 0. The fourth-order valence-corrected chi connectivity index (χ4v) is 2.48. The van der Waals surface area contributed by atoms with E-state index < -0.39 is 22.3 Å². The van der Waals surface area contributed by atoms with Crippen LogP contribution < -0.4 is 5.48 Å². The van der Waals surface area contributed by atoms with Gasteiger partial charge in [0.2, 0.25) is 5.82 Å². The topological polar surface area (TPSA) is 92.5 Å². The van der Waals surface area contributed by atoms with Crippen LogP contribution in [0.1, 0.15) is 47.8 Å². The lowest BCUT2D eigenvalue weighted by Crippen LogP contribution is -2.24. The van der Waals surface area contributed by atoms with Gasteiger partial charge < -0.3 is 0 Å². The summed E-state index contributed by atoms with van der Waals surface area (Å²) >= 11 is 0. The number of nitro benzene ring substituents is 1. The van der Waals surface area contributed by atoms with Crippen molar-refractivity contribution in [1.82, 2.24) is 5.48 Å². The maximum absolute atomic E-state index is 14.3. The van der Waals surface area contributed by atoms with Crippen molar-refractivity contribution in [2.45, 2.75) is 40.0 Å². The van der Waals surface area contributed by atoms with Crippen LogP contribution in [-0.2, 0) is 19.3 Å². The quantitative estimate of drug-likeness (QED) is 0.493. The Hall–Kier alpha value is -2.02. The van der Waals surface area contributed by atoms with Crippen molar-refractivity contribution < 1.29 is 19.3 Å². The number of nitro groups is 1. The molecule has 2 N–H and O–H groups in total. The van der Waals surface area contributed by atoms with Gasteiger partial charge in [-0.15, -0.1) is 0 Å². The number of nitrogens with zero attached hydrogens (tertiary/aromatic N) is 1. The molecule has 0 aliphatic heterocycles. The fraction of sp³-hybridized carbons (Fsp3) is 0.462. The monoisotopic (exact) mass is 284 g/mol. The van der Waals surface area contributed by atoms with Crippen LogP contribution in [0.2, 0.25) is 0 Å². The first-order chi connectivity index (χ1) is 9.44. The van der Waals surface area contributed by atoms with E-state index >= 15 is 0 Å².